The topological polar surface area (TPSA) is 56.3 Å². The van der Waals surface area contributed by atoms with Gasteiger partial charge < -0.3 is 24.3 Å². The van der Waals surface area contributed by atoms with E-state index in [4.69, 9.17) is 4.74 Å². The number of carbonyl (C=O) groups is 2. The highest BCUT2D eigenvalue weighted by atomic mass is 16.5. The number of likely N-dealkylation sites (tertiary alicyclic amines) is 1. The van der Waals surface area contributed by atoms with Crippen LogP contribution in [0.1, 0.15) is 23.2 Å². The summed E-state index contributed by atoms with van der Waals surface area (Å²) in [5.41, 5.74) is 1.78. The molecule has 2 heterocycles. The minimum absolute atomic E-state index is 0.0520. The van der Waals surface area contributed by atoms with Crippen molar-refractivity contribution in [1.82, 2.24) is 14.7 Å². The minimum Gasteiger partial charge on any atom is -0.383 e. The molecule has 1 aromatic carbocycles. The third-order valence-electron chi connectivity index (χ3n) is 5.96. The van der Waals surface area contributed by atoms with Gasteiger partial charge >= 0.3 is 0 Å². The van der Waals surface area contributed by atoms with Crippen LogP contribution in [-0.4, -0.2) is 100 Å². The number of hydrogen-bond acceptors (Lipinski definition) is 5. The summed E-state index contributed by atoms with van der Waals surface area (Å²) in [6.07, 6.45) is 1.74. The Bertz CT molecular complexity index is 692. The molecule has 2 aliphatic rings. The van der Waals surface area contributed by atoms with Crippen LogP contribution in [0.3, 0.4) is 0 Å². The van der Waals surface area contributed by atoms with Crippen molar-refractivity contribution in [1.29, 1.82) is 0 Å². The molecule has 0 saturated carbocycles. The molecule has 2 fully saturated rings. The van der Waals surface area contributed by atoms with E-state index in [0.717, 1.165) is 44.7 Å². The molecule has 2 saturated heterocycles. The van der Waals surface area contributed by atoms with Gasteiger partial charge in [-0.25, -0.2) is 0 Å². The van der Waals surface area contributed by atoms with E-state index < -0.39 is 0 Å². The minimum atomic E-state index is 0.0520. The van der Waals surface area contributed by atoms with Crippen molar-refractivity contribution in [2.24, 2.45) is 5.92 Å². The molecule has 0 spiro atoms. The Hall–Kier alpha value is -2.12. The number of methoxy groups -OCH3 is 1. The van der Waals surface area contributed by atoms with Crippen molar-refractivity contribution >= 4 is 17.5 Å². The Morgan fingerprint density at radius 2 is 1.72 bits per heavy atom. The number of ether oxygens (including phenoxy) is 1. The van der Waals surface area contributed by atoms with Crippen LogP contribution in [0.4, 0.5) is 5.69 Å². The van der Waals surface area contributed by atoms with Crippen molar-refractivity contribution in [2.75, 3.05) is 78.5 Å². The fourth-order valence-corrected chi connectivity index (χ4v) is 4.14. The Labute approximate surface area is 174 Å². The Morgan fingerprint density at radius 3 is 2.41 bits per heavy atom. The molecular formula is C22H34N4O3. The van der Waals surface area contributed by atoms with Crippen LogP contribution in [0.2, 0.25) is 0 Å². The van der Waals surface area contributed by atoms with E-state index in [1.165, 1.54) is 0 Å². The van der Waals surface area contributed by atoms with Gasteiger partial charge in [-0.3, -0.25) is 9.59 Å². The monoisotopic (exact) mass is 402 g/mol. The Kier molecular flexibility index (Phi) is 7.50. The third-order valence-corrected chi connectivity index (χ3v) is 5.96. The smallest absolute Gasteiger partial charge is 0.253 e. The highest BCUT2D eigenvalue weighted by Crippen LogP contribution is 2.20. The molecule has 1 aromatic rings. The lowest BCUT2D eigenvalue weighted by atomic mass is 10.1. The maximum atomic E-state index is 13.0. The maximum absolute atomic E-state index is 13.0. The second kappa shape index (κ2) is 10.1. The van der Waals surface area contributed by atoms with E-state index in [0.29, 0.717) is 31.8 Å². The van der Waals surface area contributed by atoms with Gasteiger partial charge in [0.1, 0.15) is 0 Å². The first-order chi connectivity index (χ1) is 14.0. The molecule has 2 aliphatic heterocycles. The lowest BCUT2D eigenvalue weighted by Gasteiger charge is -2.25. The average molecular weight is 403 g/mol. The molecular weight excluding hydrogens is 368 g/mol. The van der Waals surface area contributed by atoms with E-state index in [9.17, 15) is 9.59 Å². The fourth-order valence-electron chi connectivity index (χ4n) is 4.14. The number of carbonyl (C=O) groups excluding carboxylic acids is 2. The van der Waals surface area contributed by atoms with Crippen molar-refractivity contribution < 1.29 is 14.3 Å². The van der Waals surface area contributed by atoms with Gasteiger partial charge in [0.2, 0.25) is 5.91 Å². The molecule has 0 radical (unpaired) electrons. The summed E-state index contributed by atoms with van der Waals surface area (Å²) in [6, 6.07) is 7.71. The first-order valence-electron chi connectivity index (χ1n) is 10.6. The van der Waals surface area contributed by atoms with Crippen molar-refractivity contribution in [2.45, 2.75) is 12.8 Å². The molecule has 1 atom stereocenters. The van der Waals surface area contributed by atoms with Crippen molar-refractivity contribution in [3.63, 3.8) is 0 Å². The summed E-state index contributed by atoms with van der Waals surface area (Å²) < 4.78 is 5.14. The Balaban J connectivity index is 1.53. The number of hydrogen-bond donors (Lipinski definition) is 0. The van der Waals surface area contributed by atoms with Crippen LogP contribution in [0.5, 0.6) is 0 Å². The summed E-state index contributed by atoms with van der Waals surface area (Å²) >= 11 is 0. The van der Waals surface area contributed by atoms with Gasteiger partial charge in [-0.2, -0.15) is 0 Å². The second-order valence-electron chi connectivity index (χ2n) is 8.19. The standard InChI is InChI=1S/C22H34N4O3/c1-23(2)20-7-5-18(6-8-20)21(27)25-10-4-11-26(14-13-25)22(28)19-9-12-24(17-19)15-16-29-3/h5-8,19H,4,9-17H2,1-3H3. The third kappa shape index (κ3) is 5.48. The van der Waals surface area contributed by atoms with Crippen LogP contribution < -0.4 is 4.90 Å². The molecule has 160 valence electrons. The zero-order chi connectivity index (χ0) is 20.8. The summed E-state index contributed by atoms with van der Waals surface area (Å²) in [6.45, 7) is 6.02. The first kappa shape index (κ1) is 21.6. The predicted molar refractivity (Wildman–Crippen MR) is 114 cm³/mol. The van der Waals surface area contributed by atoms with Crippen LogP contribution in [0, 0.1) is 5.92 Å². The Morgan fingerprint density at radius 1 is 1.03 bits per heavy atom. The van der Waals surface area contributed by atoms with E-state index >= 15 is 0 Å². The van der Waals surface area contributed by atoms with Crippen LogP contribution >= 0.6 is 0 Å². The lowest BCUT2D eigenvalue weighted by molar-refractivity contribution is -0.135. The van der Waals surface area contributed by atoms with Gasteiger partial charge in [-0.1, -0.05) is 0 Å². The molecule has 3 rings (SSSR count). The fraction of sp³-hybridized carbons (Fsp3) is 0.636. The maximum Gasteiger partial charge on any atom is 0.253 e. The molecule has 0 bridgehead atoms. The summed E-state index contributed by atoms with van der Waals surface area (Å²) in [7, 11) is 5.68. The number of nitrogens with zero attached hydrogens (tertiary/aromatic N) is 4. The molecule has 29 heavy (non-hydrogen) atoms. The van der Waals surface area contributed by atoms with Gasteiger partial charge in [0, 0.05) is 71.7 Å². The number of anilines is 1. The highest BCUT2D eigenvalue weighted by Gasteiger charge is 2.32. The van der Waals surface area contributed by atoms with E-state index in [1.807, 2.05) is 53.1 Å². The van der Waals surface area contributed by atoms with Crippen molar-refractivity contribution in [3.05, 3.63) is 29.8 Å². The molecule has 1 unspecified atom stereocenters. The highest BCUT2D eigenvalue weighted by molar-refractivity contribution is 5.94. The van der Waals surface area contributed by atoms with Gasteiger partial charge in [0.25, 0.3) is 5.91 Å². The van der Waals surface area contributed by atoms with Gasteiger partial charge in [-0.05, 0) is 43.7 Å². The molecule has 0 aliphatic carbocycles. The predicted octanol–water partition coefficient (Wildman–Crippen LogP) is 1.40. The molecule has 0 aromatic heterocycles. The van der Waals surface area contributed by atoms with E-state index in [2.05, 4.69) is 4.90 Å². The largest absolute Gasteiger partial charge is 0.383 e. The molecule has 2 amide bonds. The van der Waals surface area contributed by atoms with Crippen molar-refractivity contribution in [3.8, 4) is 0 Å². The lowest BCUT2D eigenvalue weighted by Crippen LogP contribution is -2.40. The van der Waals surface area contributed by atoms with Gasteiger partial charge in [-0.15, -0.1) is 0 Å². The molecule has 0 N–H and O–H groups in total. The van der Waals surface area contributed by atoms with E-state index in [1.54, 1.807) is 7.11 Å². The summed E-state index contributed by atoms with van der Waals surface area (Å²) in [5, 5.41) is 0. The SMILES string of the molecule is COCCN1CCC(C(=O)N2CCCN(C(=O)c3ccc(N(C)C)cc3)CC2)C1. The number of benzene rings is 1. The zero-order valence-corrected chi connectivity index (χ0v) is 18.0. The van der Waals surface area contributed by atoms with Crippen LogP contribution in [0.15, 0.2) is 24.3 Å². The number of rotatable bonds is 6. The first-order valence-corrected chi connectivity index (χ1v) is 10.6. The number of amides is 2. The summed E-state index contributed by atoms with van der Waals surface area (Å²) in [4.78, 5) is 34.1. The van der Waals surface area contributed by atoms with Gasteiger partial charge in [0.05, 0.1) is 12.5 Å². The van der Waals surface area contributed by atoms with E-state index in [-0.39, 0.29) is 17.7 Å². The normalized spacial score (nSPS) is 20.6. The molecule has 7 nitrogen and oxygen atoms in total. The van der Waals surface area contributed by atoms with Crippen LogP contribution in [-0.2, 0) is 9.53 Å². The zero-order valence-electron chi connectivity index (χ0n) is 18.0. The summed E-state index contributed by atoms with van der Waals surface area (Å²) in [5.74, 6) is 0.374. The second-order valence-corrected chi connectivity index (χ2v) is 8.19. The van der Waals surface area contributed by atoms with Gasteiger partial charge in [0.15, 0.2) is 0 Å². The quantitative estimate of drug-likeness (QED) is 0.720. The van der Waals surface area contributed by atoms with Crippen LogP contribution in [0.25, 0.3) is 0 Å². The average Bonchev–Trinajstić information content (AvgIpc) is 3.07. The molecule has 7 heteroatoms.